The van der Waals surface area contributed by atoms with Gasteiger partial charge in [-0.2, -0.15) is 0 Å². The normalized spacial score (nSPS) is 24.6. The van der Waals surface area contributed by atoms with Crippen molar-refractivity contribution in [1.29, 1.82) is 0 Å². The van der Waals surface area contributed by atoms with E-state index in [2.05, 4.69) is 23.9 Å². The molecule has 1 aliphatic carbocycles. The first kappa shape index (κ1) is 12.2. The number of nitrogen functional groups attached to an aromatic ring is 1. The minimum atomic E-state index is 0.584. The fourth-order valence-corrected chi connectivity index (χ4v) is 2.91. The molecular formula is C14H23N3. The summed E-state index contributed by atoms with van der Waals surface area (Å²) in [7, 11) is 2.13. The first-order chi connectivity index (χ1) is 8.09. The number of aromatic nitrogens is 1. The van der Waals surface area contributed by atoms with Crippen LogP contribution in [0.1, 0.15) is 38.2 Å². The summed E-state index contributed by atoms with van der Waals surface area (Å²) in [6.45, 7) is 4.36. The third-order valence-electron chi connectivity index (χ3n) is 3.93. The highest BCUT2D eigenvalue weighted by atomic mass is 15.2. The van der Waals surface area contributed by atoms with Gasteiger partial charge in [-0.05, 0) is 37.3 Å². The molecule has 2 rings (SSSR count). The lowest BCUT2D eigenvalue weighted by atomic mass is 9.85. The van der Waals surface area contributed by atoms with E-state index >= 15 is 0 Å². The van der Waals surface area contributed by atoms with Gasteiger partial charge in [-0.15, -0.1) is 0 Å². The SMILES string of the molecule is Cc1cnc(N(C)C2CCCCC2C)c(N)c1. The van der Waals surface area contributed by atoms with Gasteiger partial charge in [-0.25, -0.2) is 4.98 Å². The van der Waals surface area contributed by atoms with Gasteiger partial charge in [0.25, 0.3) is 0 Å². The number of nitrogens with two attached hydrogens (primary N) is 1. The van der Waals surface area contributed by atoms with Crippen LogP contribution in [-0.2, 0) is 0 Å². The first-order valence-corrected chi connectivity index (χ1v) is 6.54. The molecule has 1 aliphatic rings. The lowest BCUT2D eigenvalue weighted by Gasteiger charge is -2.37. The summed E-state index contributed by atoms with van der Waals surface area (Å²) in [6.07, 6.45) is 7.16. The van der Waals surface area contributed by atoms with E-state index in [1.54, 1.807) is 0 Å². The van der Waals surface area contributed by atoms with Gasteiger partial charge in [0.15, 0.2) is 5.82 Å². The Hall–Kier alpha value is -1.25. The van der Waals surface area contributed by atoms with E-state index in [0.717, 1.165) is 23.0 Å². The zero-order valence-corrected chi connectivity index (χ0v) is 11.1. The zero-order valence-electron chi connectivity index (χ0n) is 11.1. The fraction of sp³-hybridized carbons (Fsp3) is 0.643. The molecule has 0 radical (unpaired) electrons. The van der Waals surface area contributed by atoms with E-state index in [1.165, 1.54) is 25.7 Å². The quantitative estimate of drug-likeness (QED) is 0.854. The minimum Gasteiger partial charge on any atom is -0.396 e. The Morgan fingerprint density at radius 2 is 2.06 bits per heavy atom. The lowest BCUT2D eigenvalue weighted by molar-refractivity contribution is 0.321. The van der Waals surface area contributed by atoms with Gasteiger partial charge in [0.05, 0.1) is 5.69 Å². The van der Waals surface area contributed by atoms with Crippen molar-refractivity contribution in [2.75, 3.05) is 17.7 Å². The number of rotatable bonds is 2. The topological polar surface area (TPSA) is 42.2 Å². The summed E-state index contributed by atoms with van der Waals surface area (Å²) in [5, 5.41) is 0. The second-order valence-corrected chi connectivity index (χ2v) is 5.37. The third kappa shape index (κ3) is 2.54. The van der Waals surface area contributed by atoms with Gasteiger partial charge in [0.2, 0.25) is 0 Å². The molecule has 2 unspecified atom stereocenters. The van der Waals surface area contributed by atoms with Gasteiger partial charge in [0.1, 0.15) is 0 Å². The Balaban J connectivity index is 2.20. The maximum absolute atomic E-state index is 6.07. The molecule has 0 aliphatic heterocycles. The molecule has 17 heavy (non-hydrogen) atoms. The highest BCUT2D eigenvalue weighted by Crippen LogP contribution is 2.31. The number of pyridine rings is 1. The molecule has 1 fully saturated rings. The largest absolute Gasteiger partial charge is 0.396 e. The van der Waals surface area contributed by atoms with Crippen LogP contribution < -0.4 is 10.6 Å². The van der Waals surface area contributed by atoms with Crippen molar-refractivity contribution in [3.8, 4) is 0 Å². The van der Waals surface area contributed by atoms with Crippen molar-refractivity contribution in [1.82, 2.24) is 4.98 Å². The summed E-state index contributed by atoms with van der Waals surface area (Å²) in [5.41, 5.74) is 7.99. The molecule has 1 aromatic heterocycles. The van der Waals surface area contributed by atoms with E-state index in [1.807, 2.05) is 19.2 Å². The van der Waals surface area contributed by atoms with Crippen LogP contribution in [0.4, 0.5) is 11.5 Å². The predicted molar refractivity (Wildman–Crippen MR) is 73.2 cm³/mol. The van der Waals surface area contributed by atoms with Crippen LogP contribution in [-0.4, -0.2) is 18.1 Å². The van der Waals surface area contributed by atoms with Gasteiger partial charge in [-0.3, -0.25) is 0 Å². The predicted octanol–water partition coefficient (Wildman–Crippen LogP) is 2.99. The highest BCUT2D eigenvalue weighted by molar-refractivity contribution is 5.63. The Labute approximate surface area is 104 Å². The standard InChI is InChI=1S/C14H23N3/c1-10-8-12(15)14(16-9-10)17(3)13-7-5-4-6-11(13)2/h8-9,11,13H,4-7,15H2,1-3H3. The van der Waals surface area contributed by atoms with Crippen LogP contribution >= 0.6 is 0 Å². The van der Waals surface area contributed by atoms with Crippen LogP contribution in [0, 0.1) is 12.8 Å². The van der Waals surface area contributed by atoms with E-state index in [4.69, 9.17) is 5.73 Å². The van der Waals surface area contributed by atoms with Crippen LogP contribution in [0.2, 0.25) is 0 Å². The molecule has 1 saturated carbocycles. The summed E-state index contributed by atoms with van der Waals surface area (Å²) >= 11 is 0. The van der Waals surface area contributed by atoms with Crippen molar-refractivity contribution in [2.45, 2.75) is 45.6 Å². The fourth-order valence-electron chi connectivity index (χ4n) is 2.91. The maximum Gasteiger partial charge on any atom is 0.151 e. The van der Waals surface area contributed by atoms with Crippen molar-refractivity contribution >= 4 is 11.5 Å². The summed E-state index contributed by atoms with van der Waals surface area (Å²) < 4.78 is 0. The van der Waals surface area contributed by atoms with E-state index in [-0.39, 0.29) is 0 Å². The maximum atomic E-state index is 6.07. The molecule has 0 spiro atoms. The monoisotopic (exact) mass is 233 g/mol. The zero-order chi connectivity index (χ0) is 12.4. The molecule has 3 nitrogen and oxygen atoms in total. The van der Waals surface area contributed by atoms with Gasteiger partial charge in [-0.1, -0.05) is 19.8 Å². The molecule has 1 heterocycles. The number of hydrogen-bond acceptors (Lipinski definition) is 3. The van der Waals surface area contributed by atoms with Crippen LogP contribution in [0.5, 0.6) is 0 Å². The molecule has 0 amide bonds. The molecule has 0 saturated heterocycles. The van der Waals surface area contributed by atoms with Gasteiger partial charge in [0, 0.05) is 19.3 Å². The van der Waals surface area contributed by atoms with Crippen molar-refractivity contribution in [3.05, 3.63) is 17.8 Å². The third-order valence-corrected chi connectivity index (χ3v) is 3.93. The lowest BCUT2D eigenvalue weighted by Crippen LogP contribution is -2.39. The van der Waals surface area contributed by atoms with Crippen molar-refractivity contribution in [2.24, 2.45) is 5.92 Å². The average molecular weight is 233 g/mol. The van der Waals surface area contributed by atoms with Gasteiger partial charge < -0.3 is 10.6 Å². The molecule has 3 heteroatoms. The van der Waals surface area contributed by atoms with E-state index in [0.29, 0.717) is 6.04 Å². The molecule has 0 bridgehead atoms. The molecule has 1 aromatic rings. The number of aryl methyl sites for hydroxylation is 1. The van der Waals surface area contributed by atoms with Crippen LogP contribution in [0.25, 0.3) is 0 Å². The Bertz CT molecular complexity index is 389. The van der Waals surface area contributed by atoms with Crippen LogP contribution in [0.15, 0.2) is 12.3 Å². The highest BCUT2D eigenvalue weighted by Gasteiger charge is 2.26. The number of anilines is 2. The Morgan fingerprint density at radius 3 is 2.71 bits per heavy atom. The Morgan fingerprint density at radius 1 is 1.35 bits per heavy atom. The molecule has 94 valence electrons. The minimum absolute atomic E-state index is 0.584. The summed E-state index contributed by atoms with van der Waals surface area (Å²) in [5.74, 6) is 1.67. The molecule has 0 aromatic carbocycles. The molecule has 2 N–H and O–H groups in total. The average Bonchev–Trinajstić information content (AvgIpc) is 2.29. The van der Waals surface area contributed by atoms with Gasteiger partial charge >= 0.3 is 0 Å². The summed E-state index contributed by atoms with van der Waals surface area (Å²) in [4.78, 5) is 6.76. The second-order valence-electron chi connectivity index (χ2n) is 5.37. The van der Waals surface area contributed by atoms with Crippen LogP contribution in [0.3, 0.4) is 0 Å². The number of hydrogen-bond donors (Lipinski definition) is 1. The van der Waals surface area contributed by atoms with E-state index < -0.39 is 0 Å². The first-order valence-electron chi connectivity index (χ1n) is 6.54. The Kier molecular flexibility index (Phi) is 3.55. The second kappa shape index (κ2) is 4.94. The van der Waals surface area contributed by atoms with Crippen molar-refractivity contribution < 1.29 is 0 Å². The molecular weight excluding hydrogens is 210 g/mol. The number of nitrogens with zero attached hydrogens (tertiary/aromatic N) is 2. The molecule has 2 atom stereocenters. The smallest absolute Gasteiger partial charge is 0.151 e. The van der Waals surface area contributed by atoms with E-state index in [9.17, 15) is 0 Å². The summed E-state index contributed by atoms with van der Waals surface area (Å²) in [6, 6.07) is 2.59. The van der Waals surface area contributed by atoms with Crippen molar-refractivity contribution in [3.63, 3.8) is 0 Å².